The van der Waals surface area contributed by atoms with Gasteiger partial charge < -0.3 is 14.1 Å². The monoisotopic (exact) mass is 393 g/mol. The van der Waals surface area contributed by atoms with Crippen LogP contribution in [0.3, 0.4) is 0 Å². The number of carbonyl (C=O) groups excluding carboxylic acids is 2. The van der Waals surface area contributed by atoms with Crippen molar-refractivity contribution in [3.63, 3.8) is 0 Å². The normalized spacial score (nSPS) is 29.6. The number of benzene rings is 1. The first-order valence-corrected chi connectivity index (χ1v) is 10.7. The van der Waals surface area contributed by atoms with Gasteiger partial charge in [-0.3, -0.25) is 4.79 Å². The van der Waals surface area contributed by atoms with Crippen LogP contribution < -0.4 is 0 Å². The second-order valence-electron chi connectivity index (χ2n) is 9.14. The van der Waals surface area contributed by atoms with E-state index in [1.54, 1.807) is 30.5 Å². The Kier molecular flexibility index (Phi) is 4.69. The summed E-state index contributed by atoms with van der Waals surface area (Å²) in [6.45, 7) is 0.219. The van der Waals surface area contributed by atoms with Crippen LogP contribution in [0, 0.1) is 17.8 Å². The number of ether oxygens (including phenoxy) is 1. The van der Waals surface area contributed by atoms with Gasteiger partial charge in [-0.05, 0) is 80.5 Å². The Morgan fingerprint density at radius 3 is 2.21 bits per heavy atom. The van der Waals surface area contributed by atoms with Gasteiger partial charge in [0.2, 0.25) is 0 Å². The van der Waals surface area contributed by atoms with Crippen molar-refractivity contribution in [1.82, 2.24) is 4.90 Å². The average Bonchev–Trinajstić information content (AvgIpc) is 3.23. The fraction of sp³-hybridized carbons (Fsp3) is 0.500. The molecule has 1 amide bonds. The molecule has 0 spiro atoms. The zero-order valence-corrected chi connectivity index (χ0v) is 16.6. The van der Waals surface area contributed by atoms with Crippen molar-refractivity contribution in [3.05, 3.63) is 60.1 Å². The molecule has 5 nitrogen and oxygen atoms in total. The highest BCUT2D eigenvalue weighted by molar-refractivity contribution is 5.91. The summed E-state index contributed by atoms with van der Waals surface area (Å²) in [7, 11) is 0. The maximum absolute atomic E-state index is 13.3. The lowest BCUT2D eigenvalue weighted by molar-refractivity contribution is -0.156. The van der Waals surface area contributed by atoms with Crippen molar-refractivity contribution in [3.8, 4) is 0 Å². The van der Waals surface area contributed by atoms with Gasteiger partial charge in [-0.15, -0.1) is 0 Å². The molecule has 0 aliphatic heterocycles. The van der Waals surface area contributed by atoms with Crippen LogP contribution >= 0.6 is 0 Å². The zero-order valence-electron chi connectivity index (χ0n) is 16.6. The minimum atomic E-state index is -0.456. The van der Waals surface area contributed by atoms with Gasteiger partial charge in [-0.25, -0.2) is 4.79 Å². The van der Waals surface area contributed by atoms with Gasteiger partial charge in [0.1, 0.15) is 5.76 Å². The first-order valence-electron chi connectivity index (χ1n) is 10.7. The average molecular weight is 393 g/mol. The molecule has 0 atom stereocenters. The highest BCUT2D eigenvalue weighted by Gasteiger charge is 2.54. The van der Waals surface area contributed by atoms with Gasteiger partial charge in [0.15, 0.2) is 6.61 Å². The number of nitrogens with zero attached hydrogens (tertiary/aromatic N) is 1. The lowest BCUT2D eigenvalue weighted by atomic mass is 9.52. The van der Waals surface area contributed by atoms with Crippen LogP contribution in [0.2, 0.25) is 0 Å². The predicted molar refractivity (Wildman–Crippen MR) is 107 cm³/mol. The van der Waals surface area contributed by atoms with E-state index in [-0.39, 0.29) is 18.1 Å². The Labute approximate surface area is 171 Å². The molecule has 5 heteroatoms. The zero-order chi connectivity index (χ0) is 19.8. The highest BCUT2D eigenvalue weighted by Crippen LogP contribution is 2.58. The van der Waals surface area contributed by atoms with Crippen LogP contribution in [0.4, 0.5) is 0 Å². The molecule has 4 fully saturated rings. The summed E-state index contributed by atoms with van der Waals surface area (Å²) in [5.74, 6) is 2.37. The van der Waals surface area contributed by atoms with Crippen molar-refractivity contribution in [2.75, 3.05) is 6.61 Å². The summed E-state index contributed by atoms with van der Waals surface area (Å²) in [6, 6.07) is 12.6. The summed E-state index contributed by atoms with van der Waals surface area (Å²) in [5.41, 5.74) is 0.352. The van der Waals surface area contributed by atoms with Crippen molar-refractivity contribution < 1.29 is 18.7 Å². The summed E-state index contributed by atoms with van der Waals surface area (Å²) in [5, 5.41) is 0. The molecule has 2 aromatic rings. The predicted octanol–water partition coefficient (Wildman–Crippen LogP) is 4.43. The third-order valence-corrected chi connectivity index (χ3v) is 7.11. The molecular weight excluding hydrogens is 366 g/mol. The summed E-state index contributed by atoms with van der Waals surface area (Å²) >= 11 is 0. The van der Waals surface area contributed by atoms with E-state index in [0.717, 1.165) is 42.8 Å². The Balaban J connectivity index is 1.35. The third-order valence-electron chi connectivity index (χ3n) is 7.11. The molecule has 0 unspecified atom stereocenters. The molecule has 1 aromatic carbocycles. The highest BCUT2D eigenvalue weighted by atomic mass is 16.5. The van der Waals surface area contributed by atoms with Crippen molar-refractivity contribution in [2.24, 2.45) is 17.8 Å². The molecule has 6 rings (SSSR count). The van der Waals surface area contributed by atoms with E-state index in [4.69, 9.17) is 9.15 Å². The summed E-state index contributed by atoms with van der Waals surface area (Å²) < 4.78 is 11.0. The number of furan rings is 1. The molecule has 1 aromatic heterocycles. The number of hydrogen-bond donors (Lipinski definition) is 0. The van der Waals surface area contributed by atoms with Crippen LogP contribution in [0.1, 0.15) is 54.6 Å². The standard InChI is InChI=1S/C24H27NO4/c26-22(16-29-23(27)20-5-2-1-3-6-20)25(15-21-7-4-8-28-21)24-12-17-9-18(13-24)11-19(10-17)14-24/h1-8,17-19H,9-16H2. The van der Waals surface area contributed by atoms with E-state index in [2.05, 4.69) is 0 Å². The molecule has 1 heterocycles. The molecule has 0 radical (unpaired) electrons. The maximum Gasteiger partial charge on any atom is 0.338 e. The quantitative estimate of drug-likeness (QED) is 0.681. The van der Waals surface area contributed by atoms with E-state index in [1.807, 2.05) is 23.1 Å². The smallest absolute Gasteiger partial charge is 0.338 e. The van der Waals surface area contributed by atoms with Crippen molar-refractivity contribution in [2.45, 2.75) is 50.6 Å². The third kappa shape index (κ3) is 3.59. The summed E-state index contributed by atoms with van der Waals surface area (Å²) in [6.07, 6.45) is 8.78. The van der Waals surface area contributed by atoms with Crippen LogP contribution in [-0.2, 0) is 16.1 Å². The Bertz CT molecular complexity index is 838. The van der Waals surface area contributed by atoms with Crippen LogP contribution in [0.25, 0.3) is 0 Å². The van der Waals surface area contributed by atoms with Crippen molar-refractivity contribution in [1.29, 1.82) is 0 Å². The molecule has 4 aliphatic rings. The Morgan fingerprint density at radius 2 is 1.62 bits per heavy atom. The molecule has 4 bridgehead atoms. The van der Waals surface area contributed by atoms with Gasteiger partial charge in [0.05, 0.1) is 18.4 Å². The van der Waals surface area contributed by atoms with E-state index >= 15 is 0 Å². The minimum absolute atomic E-state index is 0.113. The molecule has 29 heavy (non-hydrogen) atoms. The van der Waals surface area contributed by atoms with Gasteiger partial charge in [0, 0.05) is 5.54 Å². The number of esters is 1. The second kappa shape index (κ2) is 7.36. The molecule has 4 aliphatic carbocycles. The van der Waals surface area contributed by atoms with Gasteiger partial charge >= 0.3 is 5.97 Å². The van der Waals surface area contributed by atoms with E-state index in [9.17, 15) is 9.59 Å². The molecule has 152 valence electrons. The number of carbonyl (C=O) groups is 2. The first-order chi connectivity index (χ1) is 14.1. The SMILES string of the molecule is O=C(OCC(=O)N(Cc1ccco1)C12CC3CC(CC(C3)C1)C2)c1ccccc1. The van der Waals surface area contributed by atoms with Gasteiger partial charge in [-0.2, -0.15) is 0 Å². The van der Waals surface area contributed by atoms with E-state index in [1.165, 1.54) is 19.3 Å². The van der Waals surface area contributed by atoms with E-state index in [0.29, 0.717) is 12.1 Å². The van der Waals surface area contributed by atoms with Crippen LogP contribution in [0.5, 0.6) is 0 Å². The number of hydrogen-bond acceptors (Lipinski definition) is 4. The maximum atomic E-state index is 13.3. The second-order valence-corrected chi connectivity index (χ2v) is 9.14. The molecule has 4 saturated carbocycles. The van der Waals surface area contributed by atoms with Crippen LogP contribution in [0.15, 0.2) is 53.1 Å². The Morgan fingerprint density at radius 1 is 0.966 bits per heavy atom. The molecular formula is C24H27NO4. The Hall–Kier alpha value is -2.56. The largest absolute Gasteiger partial charge is 0.467 e. The summed E-state index contributed by atoms with van der Waals surface area (Å²) in [4.78, 5) is 27.6. The number of amides is 1. The van der Waals surface area contributed by atoms with Gasteiger partial charge in [0.25, 0.3) is 5.91 Å². The number of rotatable bonds is 6. The topological polar surface area (TPSA) is 59.8 Å². The minimum Gasteiger partial charge on any atom is -0.467 e. The van der Waals surface area contributed by atoms with Gasteiger partial charge in [-0.1, -0.05) is 18.2 Å². The first kappa shape index (κ1) is 18.5. The fourth-order valence-corrected chi connectivity index (χ4v) is 6.34. The van der Waals surface area contributed by atoms with E-state index < -0.39 is 5.97 Å². The van der Waals surface area contributed by atoms with Crippen LogP contribution in [-0.4, -0.2) is 28.9 Å². The van der Waals surface area contributed by atoms with Crippen molar-refractivity contribution >= 4 is 11.9 Å². The lowest BCUT2D eigenvalue weighted by Crippen LogP contribution is -2.61. The molecule has 0 N–H and O–H groups in total. The fourth-order valence-electron chi connectivity index (χ4n) is 6.34. The molecule has 0 saturated heterocycles. The lowest BCUT2D eigenvalue weighted by Gasteiger charge is -2.60.